The molecule has 0 bridgehead atoms. The molecule has 5 heterocycles. The largest absolute Gasteiger partial charge is 0.324 e. The second kappa shape index (κ2) is 7.35. The van der Waals surface area contributed by atoms with E-state index >= 15 is 0 Å². The third-order valence-corrected chi connectivity index (χ3v) is 7.07. The Hall–Kier alpha value is -3.79. The lowest BCUT2D eigenvalue weighted by molar-refractivity contribution is -0.139. The van der Waals surface area contributed by atoms with Crippen LogP contribution in [0.4, 0.5) is 10.1 Å². The van der Waals surface area contributed by atoms with Gasteiger partial charge in [0.25, 0.3) is 0 Å². The van der Waals surface area contributed by atoms with E-state index in [1.165, 1.54) is 6.33 Å². The molecular formula is C25H25FN8O. The van der Waals surface area contributed by atoms with E-state index in [-0.39, 0.29) is 19.0 Å². The van der Waals surface area contributed by atoms with Crippen LogP contribution in [0.3, 0.4) is 0 Å². The summed E-state index contributed by atoms with van der Waals surface area (Å²) >= 11 is 0. The van der Waals surface area contributed by atoms with Gasteiger partial charge in [-0.25, -0.2) is 29.3 Å². The Morgan fingerprint density at radius 1 is 1.09 bits per heavy atom. The molecule has 1 fully saturated rings. The Kier molecular flexibility index (Phi) is 4.56. The number of alkyl halides is 1. The summed E-state index contributed by atoms with van der Waals surface area (Å²) in [6, 6.07) is 5.76. The first-order chi connectivity index (χ1) is 16.7. The average molecular weight is 473 g/mol. The van der Waals surface area contributed by atoms with Gasteiger partial charge in [0.15, 0.2) is 5.65 Å². The highest BCUT2D eigenvalue weighted by Crippen LogP contribution is 2.46. The highest BCUT2D eigenvalue weighted by molar-refractivity contribution is 6.06. The highest BCUT2D eigenvalue weighted by atomic mass is 19.1. The molecule has 1 atom stereocenters. The van der Waals surface area contributed by atoms with Crippen LogP contribution in [0.2, 0.25) is 0 Å². The number of carbonyl (C=O) groups is 1. The summed E-state index contributed by atoms with van der Waals surface area (Å²) in [4.78, 5) is 37.5. The molecule has 3 aromatic heterocycles. The lowest BCUT2D eigenvalue weighted by Crippen LogP contribution is -2.65. The zero-order valence-electron chi connectivity index (χ0n) is 20.0. The molecule has 0 saturated carbocycles. The smallest absolute Gasteiger partial charge is 0.249 e. The van der Waals surface area contributed by atoms with Gasteiger partial charge in [0.05, 0.1) is 5.56 Å². The van der Waals surface area contributed by atoms with Crippen LogP contribution in [0.1, 0.15) is 32.2 Å². The SMILES string of the molecule is CCn1c(-c2cnc(C)nc2)nc2c(-c3ccc4c(c3)C(C)(N3CC(C)(F)C3)C(=O)N4)ncnc21. The van der Waals surface area contributed by atoms with E-state index in [0.717, 1.165) is 28.2 Å². The summed E-state index contributed by atoms with van der Waals surface area (Å²) in [5.74, 6) is 1.26. The maximum absolute atomic E-state index is 14.3. The van der Waals surface area contributed by atoms with Crippen molar-refractivity contribution < 1.29 is 9.18 Å². The van der Waals surface area contributed by atoms with E-state index in [1.54, 1.807) is 19.3 Å². The van der Waals surface area contributed by atoms with E-state index in [9.17, 15) is 9.18 Å². The van der Waals surface area contributed by atoms with Gasteiger partial charge in [-0.1, -0.05) is 6.07 Å². The van der Waals surface area contributed by atoms with Crippen LogP contribution < -0.4 is 5.32 Å². The lowest BCUT2D eigenvalue weighted by Gasteiger charge is -2.50. The monoisotopic (exact) mass is 472 g/mol. The highest BCUT2D eigenvalue weighted by Gasteiger charge is 2.55. The normalized spacial score (nSPS) is 21.1. The molecule has 1 N–H and O–H groups in total. The number of anilines is 1. The van der Waals surface area contributed by atoms with Gasteiger partial charge < -0.3 is 9.88 Å². The number of fused-ring (bicyclic) bond motifs is 2. The number of rotatable bonds is 4. The fourth-order valence-electron chi connectivity index (χ4n) is 5.13. The summed E-state index contributed by atoms with van der Waals surface area (Å²) in [6.07, 6.45) is 5.04. The molecule has 178 valence electrons. The standard InChI is InChI=1S/C25H25FN8O/c1-5-34-21(16-9-27-14(2)28-10-16)32-20-19(29-13-30-22(20)34)15-6-7-18-17(8-15)25(4,23(35)31-18)33-11-24(3,26)12-33/h6-10,13H,5,11-12H2,1-4H3,(H,31,35). The van der Waals surface area contributed by atoms with Gasteiger partial charge in [-0.3, -0.25) is 9.69 Å². The first-order valence-electron chi connectivity index (χ1n) is 11.6. The number of aryl methyl sites for hydroxylation is 2. The van der Waals surface area contributed by atoms with Crippen molar-refractivity contribution in [3.63, 3.8) is 0 Å². The third-order valence-electron chi connectivity index (χ3n) is 7.07. The Morgan fingerprint density at radius 2 is 1.83 bits per heavy atom. The molecular weight excluding hydrogens is 447 g/mol. The molecule has 1 amide bonds. The number of imidazole rings is 1. The van der Waals surface area contributed by atoms with Gasteiger partial charge in [-0.2, -0.15) is 0 Å². The number of aromatic nitrogens is 6. The molecule has 35 heavy (non-hydrogen) atoms. The molecule has 1 aromatic carbocycles. The van der Waals surface area contributed by atoms with Crippen molar-refractivity contribution in [3.8, 4) is 22.6 Å². The van der Waals surface area contributed by atoms with Crippen LogP contribution >= 0.6 is 0 Å². The quantitative estimate of drug-likeness (QED) is 0.485. The fourth-order valence-corrected chi connectivity index (χ4v) is 5.13. The molecule has 1 saturated heterocycles. The van der Waals surface area contributed by atoms with Gasteiger partial charge in [0, 0.05) is 48.8 Å². The average Bonchev–Trinajstić information content (AvgIpc) is 3.32. The van der Waals surface area contributed by atoms with E-state index in [4.69, 9.17) is 4.98 Å². The first kappa shape index (κ1) is 21.7. The van der Waals surface area contributed by atoms with Crippen LogP contribution in [-0.4, -0.2) is 59.1 Å². The van der Waals surface area contributed by atoms with Gasteiger partial charge >= 0.3 is 0 Å². The van der Waals surface area contributed by atoms with Crippen molar-refractivity contribution in [2.24, 2.45) is 0 Å². The summed E-state index contributed by atoms with van der Waals surface area (Å²) in [7, 11) is 0. The second-order valence-corrected chi connectivity index (χ2v) is 9.65. The van der Waals surface area contributed by atoms with Gasteiger partial charge in [-0.05, 0) is 39.8 Å². The number of hydrogen-bond donors (Lipinski definition) is 1. The topological polar surface area (TPSA) is 102 Å². The lowest BCUT2D eigenvalue weighted by atomic mass is 9.84. The molecule has 4 aromatic rings. The summed E-state index contributed by atoms with van der Waals surface area (Å²) in [6.45, 7) is 8.37. The van der Waals surface area contributed by atoms with E-state index in [0.29, 0.717) is 29.2 Å². The van der Waals surface area contributed by atoms with Crippen LogP contribution in [0, 0.1) is 6.92 Å². The predicted octanol–water partition coefficient (Wildman–Crippen LogP) is 3.49. The third kappa shape index (κ3) is 3.16. The Morgan fingerprint density at radius 3 is 2.51 bits per heavy atom. The molecule has 2 aliphatic rings. The van der Waals surface area contributed by atoms with Crippen molar-refractivity contribution in [2.75, 3.05) is 18.4 Å². The summed E-state index contributed by atoms with van der Waals surface area (Å²) < 4.78 is 16.3. The fraction of sp³-hybridized carbons (Fsp3) is 0.360. The Bertz CT molecular complexity index is 1490. The number of likely N-dealkylation sites (tertiary alicyclic amines) is 1. The molecule has 0 aliphatic carbocycles. The number of amides is 1. The van der Waals surface area contributed by atoms with E-state index < -0.39 is 11.2 Å². The number of nitrogens with one attached hydrogen (secondary N) is 1. The molecule has 10 heteroatoms. The molecule has 9 nitrogen and oxygen atoms in total. The van der Waals surface area contributed by atoms with Gasteiger partial charge in [0.1, 0.15) is 40.4 Å². The minimum Gasteiger partial charge on any atom is -0.324 e. The zero-order chi connectivity index (χ0) is 24.5. The summed E-state index contributed by atoms with van der Waals surface area (Å²) in [5, 5.41) is 2.96. The number of halogens is 1. The van der Waals surface area contributed by atoms with Crippen molar-refractivity contribution in [1.82, 2.24) is 34.4 Å². The van der Waals surface area contributed by atoms with Crippen LogP contribution in [0.15, 0.2) is 36.9 Å². The number of carbonyl (C=O) groups excluding carboxylic acids is 1. The minimum absolute atomic E-state index is 0.148. The zero-order valence-corrected chi connectivity index (χ0v) is 20.0. The number of benzene rings is 1. The number of hydrogen-bond acceptors (Lipinski definition) is 7. The van der Waals surface area contributed by atoms with Crippen molar-refractivity contribution in [3.05, 3.63) is 48.3 Å². The van der Waals surface area contributed by atoms with Crippen molar-refractivity contribution >= 4 is 22.8 Å². The van der Waals surface area contributed by atoms with Crippen LogP contribution in [0.5, 0.6) is 0 Å². The predicted molar refractivity (Wildman–Crippen MR) is 129 cm³/mol. The number of nitrogens with zero attached hydrogens (tertiary/aromatic N) is 7. The first-order valence-corrected chi connectivity index (χ1v) is 11.6. The second-order valence-electron chi connectivity index (χ2n) is 9.65. The van der Waals surface area contributed by atoms with Crippen molar-refractivity contribution in [1.29, 1.82) is 0 Å². The van der Waals surface area contributed by atoms with Crippen molar-refractivity contribution in [2.45, 2.75) is 45.4 Å². The summed E-state index contributed by atoms with van der Waals surface area (Å²) in [5.41, 5.74) is 2.95. The molecule has 2 aliphatic heterocycles. The maximum Gasteiger partial charge on any atom is 0.249 e. The van der Waals surface area contributed by atoms with Gasteiger partial charge in [-0.15, -0.1) is 0 Å². The molecule has 0 radical (unpaired) electrons. The Balaban J connectivity index is 1.49. The molecule has 6 rings (SSSR count). The molecule has 0 spiro atoms. The minimum atomic E-state index is -1.29. The maximum atomic E-state index is 14.3. The van der Waals surface area contributed by atoms with Crippen LogP contribution in [0.25, 0.3) is 33.8 Å². The van der Waals surface area contributed by atoms with E-state index in [2.05, 4.69) is 25.3 Å². The Labute approximate surface area is 201 Å². The van der Waals surface area contributed by atoms with Gasteiger partial charge in [0.2, 0.25) is 5.91 Å². The van der Waals surface area contributed by atoms with E-state index in [1.807, 2.05) is 48.4 Å². The van der Waals surface area contributed by atoms with Crippen LogP contribution in [-0.2, 0) is 16.9 Å². The molecule has 1 unspecified atom stereocenters.